The fraction of sp³-hybridized carbons (Fsp3) is 0.241. The number of benzene rings is 3. The molecule has 0 aliphatic heterocycles. The maximum absolute atomic E-state index is 10.6. The molecule has 3 rings (SSSR count). The first kappa shape index (κ1) is 25.9. The maximum Gasteiger partial charge on any atom is 0.119 e. The van der Waals surface area contributed by atoms with Gasteiger partial charge in [0.05, 0.1) is 23.3 Å². The largest absolute Gasteiger partial charge is 0.748 e. The van der Waals surface area contributed by atoms with E-state index in [0.29, 0.717) is 5.75 Å². The van der Waals surface area contributed by atoms with Crippen LogP contribution in [0.25, 0.3) is 0 Å². The third-order valence-corrected chi connectivity index (χ3v) is 5.66. The maximum atomic E-state index is 10.6. The summed E-state index contributed by atoms with van der Waals surface area (Å²) in [5, 5.41) is 0. The summed E-state index contributed by atoms with van der Waals surface area (Å²) in [4.78, 5) is 0. The third-order valence-electron chi connectivity index (χ3n) is 4.87. The molecule has 35 heavy (non-hydrogen) atoms. The highest BCUT2D eigenvalue weighted by Crippen LogP contribution is 2.13. The first-order chi connectivity index (χ1) is 16.9. The Bertz CT molecular complexity index is 1300. The van der Waals surface area contributed by atoms with E-state index in [-0.39, 0.29) is 13.0 Å². The topological polar surface area (TPSA) is 75.7 Å². The van der Waals surface area contributed by atoms with Crippen LogP contribution in [0.2, 0.25) is 0 Å². The van der Waals surface area contributed by atoms with E-state index in [1.165, 1.54) is 0 Å². The van der Waals surface area contributed by atoms with Crippen molar-refractivity contribution in [3.8, 4) is 35.2 Å². The van der Waals surface area contributed by atoms with Crippen LogP contribution in [-0.2, 0) is 10.1 Å². The van der Waals surface area contributed by atoms with Crippen molar-refractivity contribution < 1.29 is 22.4 Å². The fourth-order valence-electron chi connectivity index (χ4n) is 2.95. The molecule has 0 fully saturated rings. The predicted molar refractivity (Wildman–Crippen MR) is 136 cm³/mol. The van der Waals surface area contributed by atoms with Crippen LogP contribution in [0.5, 0.6) is 11.5 Å². The van der Waals surface area contributed by atoms with Gasteiger partial charge in [-0.2, -0.15) is 0 Å². The molecule has 0 spiro atoms. The molecule has 6 heteroatoms. The summed E-state index contributed by atoms with van der Waals surface area (Å²) in [5.74, 6) is 13.6. The molecule has 5 nitrogen and oxygen atoms in total. The van der Waals surface area contributed by atoms with Crippen LogP contribution in [0, 0.1) is 23.7 Å². The summed E-state index contributed by atoms with van der Waals surface area (Å²) in [6.07, 6.45) is 2.32. The van der Waals surface area contributed by atoms with Crippen molar-refractivity contribution in [3.05, 3.63) is 95.1 Å². The van der Waals surface area contributed by atoms with Crippen LogP contribution in [0.1, 0.15) is 48.4 Å². The lowest BCUT2D eigenvalue weighted by atomic mass is 10.1. The molecule has 0 unspecified atom stereocenters. The molecule has 0 heterocycles. The van der Waals surface area contributed by atoms with Gasteiger partial charge in [0.25, 0.3) is 0 Å². The number of hydrogen-bond acceptors (Lipinski definition) is 5. The summed E-state index contributed by atoms with van der Waals surface area (Å²) < 4.78 is 42.9. The first-order valence-corrected chi connectivity index (χ1v) is 13.0. The average Bonchev–Trinajstić information content (AvgIpc) is 2.86. The van der Waals surface area contributed by atoms with Crippen LogP contribution in [-0.4, -0.2) is 31.9 Å². The summed E-state index contributed by atoms with van der Waals surface area (Å²) in [6.45, 7) is 3.04. The second kappa shape index (κ2) is 13.2. The molecule has 180 valence electrons. The minimum absolute atomic E-state index is 0.161. The van der Waals surface area contributed by atoms with E-state index in [9.17, 15) is 13.0 Å². The second-order valence-electron chi connectivity index (χ2n) is 7.79. The summed E-state index contributed by atoms with van der Waals surface area (Å²) in [6, 6.07) is 22.7. The second-order valence-corrected chi connectivity index (χ2v) is 9.32. The van der Waals surface area contributed by atoms with Gasteiger partial charge in [0.2, 0.25) is 0 Å². The average molecular weight is 488 g/mol. The van der Waals surface area contributed by atoms with Crippen LogP contribution in [0.15, 0.2) is 72.8 Å². The Morgan fingerprint density at radius 1 is 0.629 bits per heavy atom. The molecule has 0 saturated heterocycles. The van der Waals surface area contributed by atoms with Crippen LogP contribution < -0.4 is 9.47 Å². The van der Waals surface area contributed by atoms with E-state index in [2.05, 4.69) is 30.6 Å². The molecule has 0 aliphatic carbocycles. The zero-order valence-electron chi connectivity index (χ0n) is 19.6. The van der Waals surface area contributed by atoms with Crippen molar-refractivity contribution in [1.82, 2.24) is 0 Å². The van der Waals surface area contributed by atoms with E-state index in [1.807, 2.05) is 60.7 Å². The van der Waals surface area contributed by atoms with Crippen molar-refractivity contribution in [2.75, 3.05) is 19.0 Å². The highest BCUT2D eigenvalue weighted by molar-refractivity contribution is 7.85. The van der Waals surface area contributed by atoms with Gasteiger partial charge in [-0.25, -0.2) is 8.42 Å². The highest BCUT2D eigenvalue weighted by atomic mass is 32.2. The van der Waals surface area contributed by atoms with E-state index >= 15 is 0 Å². The monoisotopic (exact) mass is 487 g/mol. The van der Waals surface area contributed by atoms with Gasteiger partial charge in [-0.05, 0) is 85.6 Å². The van der Waals surface area contributed by atoms with Gasteiger partial charge < -0.3 is 14.0 Å². The van der Waals surface area contributed by atoms with Crippen LogP contribution in [0.4, 0.5) is 0 Å². The Morgan fingerprint density at radius 3 is 1.31 bits per heavy atom. The summed E-state index contributed by atoms with van der Waals surface area (Å²) >= 11 is 0. The molecule has 3 aromatic carbocycles. The van der Waals surface area contributed by atoms with Gasteiger partial charge in [0.15, 0.2) is 0 Å². The standard InChI is InChI=1S/C29H28O5S/c1-2-3-21-33-28-17-13-26(14-18-28)11-9-24-5-7-25(8-6-24)10-12-27-15-19-29(20-16-27)34-22-4-23-35(30,31)32/h5-8,13-20H,2-4,21-23H2,1H3,(H,30,31,32)/p-1. The Morgan fingerprint density at radius 2 is 0.971 bits per heavy atom. The number of unbranched alkanes of at least 4 members (excludes halogenated alkanes) is 1. The van der Waals surface area contributed by atoms with Gasteiger partial charge in [-0.15, -0.1) is 0 Å². The molecule has 3 aromatic rings. The van der Waals surface area contributed by atoms with Gasteiger partial charge in [0.1, 0.15) is 11.5 Å². The van der Waals surface area contributed by atoms with Crippen molar-refractivity contribution in [1.29, 1.82) is 0 Å². The highest BCUT2D eigenvalue weighted by Gasteiger charge is 1.98. The normalized spacial score (nSPS) is 10.5. The smallest absolute Gasteiger partial charge is 0.119 e. The lowest BCUT2D eigenvalue weighted by Gasteiger charge is -2.08. The Kier molecular flexibility index (Phi) is 9.80. The molecule has 0 aliphatic rings. The summed E-state index contributed by atoms with van der Waals surface area (Å²) in [5.41, 5.74) is 3.54. The summed E-state index contributed by atoms with van der Waals surface area (Å²) in [7, 11) is -4.20. The fourth-order valence-corrected chi connectivity index (χ4v) is 3.43. The number of hydrogen-bond donors (Lipinski definition) is 0. The van der Waals surface area contributed by atoms with Crippen molar-refractivity contribution >= 4 is 10.1 Å². The molecule has 0 bridgehead atoms. The number of ether oxygens (including phenoxy) is 2. The van der Waals surface area contributed by atoms with Crippen molar-refractivity contribution in [3.63, 3.8) is 0 Å². The van der Waals surface area contributed by atoms with Crippen LogP contribution in [0.3, 0.4) is 0 Å². The zero-order valence-corrected chi connectivity index (χ0v) is 20.4. The lowest BCUT2D eigenvalue weighted by molar-refractivity contribution is 0.309. The SMILES string of the molecule is CCCCOc1ccc(C#Cc2ccc(C#Cc3ccc(OCCCS(=O)(=O)[O-])cc3)cc2)cc1. The van der Waals surface area contributed by atoms with E-state index < -0.39 is 15.9 Å². The molecule has 0 saturated carbocycles. The molecular formula is C29H27O5S-. The van der Waals surface area contributed by atoms with E-state index in [1.54, 1.807) is 12.1 Å². The minimum Gasteiger partial charge on any atom is -0.748 e. The van der Waals surface area contributed by atoms with E-state index in [4.69, 9.17) is 9.47 Å². The quantitative estimate of drug-likeness (QED) is 0.242. The van der Waals surface area contributed by atoms with Gasteiger partial charge in [-0.1, -0.05) is 37.0 Å². The number of rotatable bonds is 9. The molecule has 0 N–H and O–H groups in total. The van der Waals surface area contributed by atoms with Gasteiger partial charge in [0, 0.05) is 28.0 Å². The predicted octanol–water partition coefficient (Wildman–Crippen LogP) is 4.98. The van der Waals surface area contributed by atoms with Crippen molar-refractivity contribution in [2.24, 2.45) is 0 Å². The third kappa shape index (κ3) is 9.98. The molecule has 0 atom stereocenters. The zero-order chi connectivity index (χ0) is 24.9. The minimum atomic E-state index is -4.20. The van der Waals surface area contributed by atoms with Crippen LogP contribution >= 0.6 is 0 Å². The first-order valence-electron chi connectivity index (χ1n) is 11.4. The Labute approximate surface area is 207 Å². The van der Waals surface area contributed by atoms with Gasteiger partial charge in [-0.3, -0.25) is 0 Å². The molecular weight excluding hydrogens is 460 g/mol. The Balaban J connectivity index is 1.51. The molecule has 0 amide bonds. The van der Waals surface area contributed by atoms with Crippen molar-refractivity contribution in [2.45, 2.75) is 26.2 Å². The lowest BCUT2D eigenvalue weighted by Crippen LogP contribution is -2.08. The Hall–Kier alpha value is -3.71. The van der Waals surface area contributed by atoms with E-state index in [0.717, 1.165) is 47.5 Å². The molecule has 0 radical (unpaired) electrons. The van der Waals surface area contributed by atoms with Gasteiger partial charge >= 0.3 is 0 Å². The molecule has 0 aromatic heterocycles.